The molecule has 1 aromatic carbocycles. The monoisotopic (exact) mass is 285 g/mol. The highest BCUT2D eigenvalue weighted by Gasteiger charge is 2.18. The summed E-state index contributed by atoms with van der Waals surface area (Å²) in [6.07, 6.45) is 5.51. The highest BCUT2D eigenvalue weighted by Crippen LogP contribution is 2.19. The first kappa shape index (κ1) is 14.1. The number of fused-ring (bicyclic) bond motifs is 1. The van der Waals surface area contributed by atoms with Crippen molar-refractivity contribution in [3.8, 4) is 0 Å². The number of piperidine rings is 1. The Balaban J connectivity index is 1.52. The molecule has 1 aliphatic heterocycles. The van der Waals surface area contributed by atoms with E-state index in [9.17, 15) is 4.79 Å². The van der Waals surface area contributed by atoms with Gasteiger partial charge in [-0.2, -0.15) is 0 Å². The standard InChI is InChI=1S/C17H23N3O/c1-20-10-8-14(9-11-20)19-17(21)7-6-13-12-18-16-5-3-2-4-15(13)16/h2-5,12,14,18H,6-11H2,1H3,(H,19,21). The minimum Gasteiger partial charge on any atom is -0.361 e. The number of para-hydroxylation sites is 1. The summed E-state index contributed by atoms with van der Waals surface area (Å²) in [5.74, 6) is 0.176. The van der Waals surface area contributed by atoms with Gasteiger partial charge in [-0.3, -0.25) is 4.79 Å². The largest absolute Gasteiger partial charge is 0.361 e. The molecule has 4 nitrogen and oxygen atoms in total. The molecule has 0 spiro atoms. The van der Waals surface area contributed by atoms with E-state index in [1.165, 1.54) is 10.9 Å². The van der Waals surface area contributed by atoms with Crippen LogP contribution in [0.5, 0.6) is 0 Å². The Hall–Kier alpha value is -1.81. The molecule has 1 amide bonds. The zero-order valence-electron chi connectivity index (χ0n) is 12.6. The van der Waals surface area contributed by atoms with Gasteiger partial charge in [0.15, 0.2) is 0 Å². The van der Waals surface area contributed by atoms with Crippen molar-refractivity contribution < 1.29 is 4.79 Å². The van der Waals surface area contributed by atoms with Gasteiger partial charge in [-0.25, -0.2) is 0 Å². The SMILES string of the molecule is CN1CCC(NC(=O)CCc2c[nH]c3ccccc23)CC1. The second kappa shape index (κ2) is 6.31. The van der Waals surface area contributed by atoms with Crippen LogP contribution in [0.25, 0.3) is 10.9 Å². The molecule has 1 saturated heterocycles. The molecule has 1 aliphatic rings. The maximum Gasteiger partial charge on any atom is 0.220 e. The third-order valence-corrected chi connectivity index (χ3v) is 4.38. The lowest BCUT2D eigenvalue weighted by Crippen LogP contribution is -2.43. The van der Waals surface area contributed by atoms with Gasteiger partial charge in [-0.15, -0.1) is 0 Å². The van der Waals surface area contributed by atoms with Crippen molar-refractivity contribution in [1.82, 2.24) is 15.2 Å². The topological polar surface area (TPSA) is 48.1 Å². The van der Waals surface area contributed by atoms with Crippen molar-refractivity contribution in [3.63, 3.8) is 0 Å². The molecule has 0 bridgehead atoms. The third kappa shape index (κ3) is 3.45. The van der Waals surface area contributed by atoms with Crippen LogP contribution in [0.2, 0.25) is 0 Å². The molecule has 3 rings (SSSR count). The van der Waals surface area contributed by atoms with Crippen LogP contribution >= 0.6 is 0 Å². The maximum atomic E-state index is 12.1. The molecule has 0 atom stereocenters. The van der Waals surface area contributed by atoms with Crippen LogP contribution in [-0.2, 0) is 11.2 Å². The molecule has 2 aromatic rings. The fourth-order valence-corrected chi connectivity index (χ4v) is 3.04. The second-order valence-electron chi connectivity index (χ2n) is 6.00. The summed E-state index contributed by atoms with van der Waals surface area (Å²) >= 11 is 0. The molecule has 112 valence electrons. The number of likely N-dealkylation sites (tertiary alicyclic amines) is 1. The predicted molar refractivity (Wildman–Crippen MR) is 85.3 cm³/mol. The van der Waals surface area contributed by atoms with E-state index in [1.54, 1.807) is 0 Å². The molecular formula is C17H23N3O. The Morgan fingerprint density at radius 1 is 1.33 bits per heavy atom. The van der Waals surface area contributed by atoms with Gasteiger partial charge in [0, 0.05) is 29.6 Å². The van der Waals surface area contributed by atoms with Crippen molar-refractivity contribution in [2.24, 2.45) is 0 Å². The van der Waals surface area contributed by atoms with Crippen LogP contribution in [-0.4, -0.2) is 42.0 Å². The van der Waals surface area contributed by atoms with E-state index < -0.39 is 0 Å². The van der Waals surface area contributed by atoms with Crippen molar-refractivity contribution in [1.29, 1.82) is 0 Å². The van der Waals surface area contributed by atoms with Crippen molar-refractivity contribution in [2.45, 2.75) is 31.7 Å². The zero-order chi connectivity index (χ0) is 14.7. The van der Waals surface area contributed by atoms with Crippen LogP contribution < -0.4 is 5.32 Å². The number of H-pyrrole nitrogens is 1. The van der Waals surface area contributed by atoms with Crippen LogP contribution in [0.4, 0.5) is 0 Å². The molecule has 0 radical (unpaired) electrons. The Bertz CT molecular complexity index is 611. The van der Waals surface area contributed by atoms with Crippen LogP contribution in [0, 0.1) is 0 Å². The summed E-state index contributed by atoms with van der Waals surface area (Å²) in [7, 11) is 2.13. The summed E-state index contributed by atoms with van der Waals surface area (Å²) in [5.41, 5.74) is 2.37. The average Bonchev–Trinajstić information content (AvgIpc) is 2.91. The van der Waals surface area contributed by atoms with E-state index in [-0.39, 0.29) is 5.91 Å². The molecule has 1 fully saturated rings. The molecule has 2 N–H and O–H groups in total. The van der Waals surface area contributed by atoms with Crippen molar-refractivity contribution in [2.75, 3.05) is 20.1 Å². The summed E-state index contributed by atoms with van der Waals surface area (Å²) in [6, 6.07) is 8.60. The zero-order valence-corrected chi connectivity index (χ0v) is 12.6. The number of nitrogens with one attached hydrogen (secondary N) is 2. The number of rotatable bonds is 4. The molecular weight excluding hydrogens is 262 g/mol. The van der Waals surface area contributed by atoms with E-state index in [2.05, 4.69) is 34.4 Å². The number of amides is 1. The normalized spacial score (nSPS) is 17.2. The number of aryl methyl sites for hydroxylation is 1. The lowest BCUT2D eigenvalue weighted by atomic mass is 10.0. The van der Waals surface area contributed by atoms with E-state index in [0.717, 1.165) is 37.9 Å². The summed E-state index contributed by atoms with van der Waals surface area (Å²) in [4.78, 5) is 17.7. The van der Waals surface area contributed by atoms with Gasteiger partial charge in [0.05, 0.1) is 0 Å². The second-order valence-corrected chi connectivity index (χ2v) is 6.00. The lowest BCUT2D eigenvalue weighted by Gasteiger charge is -2.29. The number of carbonyl (C=O) groups is 1. The molecule has 0 aliphatic carbocycles. The van der Waals surface area contributed by atoms with Crippen molar-refractivity contribution >= 4 is 16.8 Å². The van der Waals surface area contributed by atoms with E-state index in [4.69, 9.17) is 0 Å². The summed E-state index contributed by atoms with van der Waals surface area (Å²) < 4.78 is 0. The molecule has 1 aromatic heterocycles. The molecule has 21 heavy (non-hydrogen) atoms. The van der Waals surface area contributed by atoms with Crippen molar-refractivity contribution in [3.05, 3.63) is 36.0 Å². The minimum atomic E-state index is 0.176. The smallest absolute Gasteiger partial charge is 0.220 e. The van der Waals surface area contributed by atoms with Crippen LogP contribution in [0.3, 0.4) is 0 Å². The van der Waals surface area contributed by atoms with Gasteiger partial charge in [0.25, 0.3) is 0 Å². The molecule has 2 heterocycles. The minimum absolute atomic E-state index is 0.176. The van der Waals surface area contributed by atoms with Gasteiger partial charge in [0.1, 0.15) is 0 Å². The predicted octanol–water partition coefficient (Wildman–Crippen LogP) is 2.31. The van der Waals surface area contributed by atoms with Gasteiger partial charge in [-0.1, -0.05) is 18.2 Å². The summed E-state index contributed by atoms with van der Waals surface area (Å²) in [6.45, 7) is 2.15. The first-order valence-corrected chi connectivity index (χ1v) is 7.75. The number of nitrogens with zero attached hydrogens (tertiary/aromatic N) is 1. The first-order chi connectivity index (χ1) is 10.2. The van der Waals surface area contributed by atoms with Gasteiger partial charge < -0.3 is 15.2 Å². The molecule has 0 saturated carbocycles. The van der Waals surface area contributed by atoms with Gasteiger partial charge in [-0.05, 0) is 51.0 Å². The first-order valence-electron chi connectivity index (χ1n) is 7.75. The fourth-order valence-electron chi connectivity index (χ4n) is 3.04. The number of aromatic nitrogens is 1. The quantitative estimate of drug-likeness (QED) is 0.905. The number of hydrogen-bond acceptors (Lipinski definition) is 2. The van der Waals surface area contributed by atoms with E-state index in [0.29, 0.717) is 12.5 Å². The number of hydrogen-bond donors (Lipinski definition) is 2. The third-order valence-electron chi connectivity index (χ3n) is 4.38. The maximum absolute atomic E-state index is 12.1. The van der Waals surface area contributed by atoms with Crippen LogP contribution in [0.1, 0.15) is 24.8 Å². The van der Waals surface area contributed by atoms with Crippen LogP contribution in [0.15, 0.2) is 30.5 Å². The Labute approximate surface area is 125 Å². The number of carbonyl (C=O) groups excluding carboxylic acids is 1. The van der Waals surface area contributed by atoms with Gasteiger partial charge in [0.2, 0.25) is 5.91 Å². The highest BCUT2D eigenvalue weighted by molar-refractivity contribution is 5.84. The van der Waals surface area contributed by atoms with E-state index in [1.807, 2.05) is 18.3 Å². The average molecular weight is 285 g/mol. The lowest BCUT2D eigenvalue weighted by molar-refractivity contribution is -0.122. The highest BCUT2D eigenvalue weighted by atomic mass is 16.1. The fraction of sp³-hybridized carbons (Fsp3) is 0.471. The number of aromatic amines is 1. The Morgan fingerprint density at radius 3 is 2.90 bits per heavy atom. The molecule has 4 heteroatoms. The molecule has 0 unspecified atom stereocenters. The van der Waals surface area contributed by atoms with E-state index >= 15 is 0 Å². The van der Waals surface area contributed by atoms with Gasteiger partial charge >= 0.3 is 0 Å². The Morgan fingerprint density at radius 2 is 2.10 bits per heavy atom. The summed E-state index contributed by atoms with van der Waals surface area (Å²) in [5, 5.41) is 4.40. The Kier molecular flexibility index (Phi) is 4.25. The number of benzene rings is 1.